The van der Waals surface area contributed by atoms with Crippen molar-refractivity contribution in [1.82, 2.24) is 14.7 Å². The first-order valence-electron chi connectivity index (χ1n) is 7.71. The summed E-state index contributed by atoms with van der Waals surface area (Å²) >= 11 is 0. The maximum atomic E-state index is 13.1. The van der Waals surface area contributed by atoms with Gasteiger partial charge < -0.3 is 4.90 Å². The van der Waals surface area contributed by atoms with Crippen LogP contribution in [0.2, 0.25) is 0 Å². The highest BCUT2D eigenvalue weighted by molar-refractivity contribution is 5.95. The van der Waals surface area contributed by atoms with Crippen LogP contribution in [0.25, 0.3) is 5.69 Å². The second kappa shape index (κ2) is 5.91. The van der Waals surface area contributed by atoms with Gasteiger partial charge in [0.2, 0.25) is 0 Å². The summed E-state index contributed by atoms with van der Waals surface area (Å²) in [6.07, 6.45) is 3.77. The molecule has 1 aliphatic rings. The van der Waals surface area contributed by atoms with Gasteiger partial charge in [0.25, 0.3) is 5.91 Å². The first-order chi connectivity index (χ1) is 10.6. The van der Waals surface area contributed by atoms with Crippen LogP contribution in [0.1, 0.15) is 48.7 Å². The van der Waals surface area contributed by atoms with E-state index in [4.69, 9.17) is 0 Å². The molecule has 4 nitrogen and oxygen atoms in total. The van der Waals surface area contributed by atoms with Crippen LogP contribution in [0.5, 0.6) is 0 Å². The lowest BCUT2D eigenvalue weighted by Crippen LogP contribution is -2.28. The van der Waals surface area contributed by atoms with Crippen LogP contribution in [0.3, 0.4) is 0 Å². The Balaban J connectivity index is 2.01. The summed E-state index contributed by atoms with van der Waals surface area (Å²) in [6, 6.07) is 6.17. The van der Waals surface area contributed by atoms with Gasteiger partial charge in [0.1, 0.15) is 5.82 Å². The van der Waals surface area contributed by atoms with Crippen molar-refractivity contribution in [2.75, 3.05) is 13.1 Å². The van der Waals surface area contributed by atoms with Crippen molar-refractivity contribution in [3.05, 3.63) is 47.5 Å². The van der Waals surface area contributed by atoms with Crippen molar-refractivity contribution in [3.8, 4) is 5.69 Å². The molecule has 0 saturated carbocycles. The van der Waals surface area contributed by atoms with Gasteiger partial charge in [-0.25, -0.2) is 9.07 Å². The molecule has 1 saturated heterocycles. The Hall–Kier alpha value is -2.17. The number of likely N-dealkylation sites (tertiary alicyclic amines) is 1. The molecular weight excluding hydrogens is 281 g/mol. The molecule has 0 N–H and O–H groups in total. The molecule has 0 aliphatic carbocycles. The number of aromatic nitrogens is 2. The maximum Gasteiger partial charge on any atom is 0.257 e. The molecule has 1 aromatic heterocycles. The number of benzene rings is 1. The predicted molar refractivity (Wildman–Crippen MR) is 82.7 cm³/mol. The number of nitrogens with zero attached hydrogens (tertiary/aromatic N) is 3. The van der Waals surface area contributed by atoms with Gasteiger partial charge in [-0.05, 0) is 43.0 Å². The molecule has 0 spiro atoms. The lowest BCUT2D eigenvalue weighted by Gasteiger charge is -2.17. The molecule has 2 aromatic rings. The molecule has 0 radical (unpaired) electrons. The lowest BCUT2D eigenvalue weighted by molar-refractivity contribution is 0.0791. The van der Waals surface area contributed by atoms with E-state index in [0.29, 0.717) is 5.56 Å². The molecule has 1 amide bonds. The minimum absolute atomic E-state index is 0.0505. The zero-order valence-electron chi connectivity index (χ0n) is 12.9. The first kappa shape index (κ1) is 14.8. The molecule has 0 atom stereocenters. The summed E-state index contributed by atoms with van der Waals surface area (Å²) in [6.45, 7) is 5.71. The van der Waals surface area contributed by atoms with Crippen LogP contribution in [0, 0.1) is 5.82 Å². The van der Waals surface area contributed by atoms with Crippen LogP contribution in [0.15, 0.2) is 30.5 Å². The van der Waals surface area contributed by atoms with E-state index in [2.05, 4.69) is 5.10 Å². The van der Waals surface area contributed by atoms with Gasteiger partial charge in [-0.1, -0.05) is 13.8 Å². The molecule has 1 aliphatic heterocycles. The van der Waals surface area contributed by atoms with Crippen LogP contribution in [0.4, 0.5) is 4.39 Å². The number of hydrogen-bond acceptors (Lipinski definition) is 2. The molecule has 3 rings (SSSR count). The fraction of sp³-hybridized carbons (Fsp3) is 0.412. The van der Waals surface area contributed by atoms with Crippen LogP contribution >= 0.6 is 0 Å². The number of halogens is 1. The molecular formula is C17H20FN3O. The number of carbonyl (C=O) groups excluding carboxylic acids is 1. The Morgan fingerprint density at radius 1 is 1.18 bits per heavy atom. The normalized spacial score (nSPS) is 14.8. The fourth-order valence-corrected chi connectivity index (χ4v) is 2.96. The van der Waals surface area contributed by atoms with E-state index in [9.17, 15) is 9.18 Å². The molecule has 1 fully saturated rings. The smallest absolute Gasteiger partial charge is 0.257 e. The van der Waals surface area contributed by atoms with Gasteiger partial charge in [0.05, 0.1) is 23.1 Å². The molecule has 22 heavy (non-hydrogen) atoms. The van der Waals surface area contributed by atoms with Crippen molar-refractivity contribution >= 4 is 5.91 Å². The van der Waals surface area contributed by atoms with E-state index < -0.39 is 0 Å². The number of rotatable bonds is 3. The summed E-state index contributed by atoms with van der Waals surface area (Å²) in [7, 11) is 0. The second-order valence-electron chi connectivity index (χ2n) is 5.99. The van der Waals surface area contributed by atoms with Gasteiger partial charge in [-0.3, -0.25) is 4.79 Å². The van der Waals surface area contributed by atoms with E-state index >= 15 is 0 Å². The monoisotopic (exact) mass is 301 g/mol. The van der Waals surface area contributed by atoms with Crippen molar-refractivity contribution in [2.45, 2.75) is 32.6 Å². The van der Waals surface area contributed by atoms with E-state index in [1.165, 1.54) is 12.1 Å². The third-order valence-corrected chi connectivity index (χ3v) is 4.05. The molecule has 1 aromatic carbocycles. The SMILES string of the molecule is CC(C)c1c(C(=O)N2CCCC2)cnn1-c1ccc(F)cc1. The molecule has 0 bridgehead atoms. The minimum atomic E-state index is -0.282. The lowest BCUT2D eigenvalue weighted by atomic mass is 10.0. The predicted octanol–water partition coefficient (Wildman–Crippen LogP) is 3.37. The maximum absolute atomic E-state index is 13.1. The number of carbonyl (C=O) groups is 1. The van der Waals surface area contributed by atoms with E-state index in [0.717, 1.165) is 37.3 Å². The Bertz CT molecular complexity index is 670. The van der Waals surface area contributed by atoms with Gasteiger partial charge in [0.15, 0.2) is 0 Å². The summed E-state index contributed by atoms with van der Waals surface area (Å²) in [5.74, 6) is -0.0842. The third-order valence-electron chi connectivity index (χ3n) is 4.05. The summed E-state index contributed by atoms with van der Waals surface area (Å²) in [4.78, 5) is 14.6. The van der Waals surface area contributed by atoms with Gasteiger partial charge in [0, 0.05) is 13.1 Å². The van der Waals surface area contributed by atoms with Gasteiger partial charge >= 0.3 is 0 Å². The average molecular weight is 301 g/mol. The van der Waals surface area contributed by atoms with E-state index in [1.807, 2.05) is 18.7 Å². The van der Waals surface area contributed by atoms with Gasteiger partial charge in [-0.2, -0.15) is 5.10 Å². The van der Waals surface area contributed by atoms with Crippen molar-refractivity contribution in [2.24, 2.45) is 0 Å². The van der Waals surface area contributed by atoms with Crippen molar-refractivity contribution in [3.63, 3.8) is 0 Å². The van der Waals surface area contributed by atoms with Crippen molar-refractivity contribution < 1.29 is 9.18 Å². The number of hydrogen-bond donors (Lipinski definition) is 0. The van der Waals surface area contributed by atoms with Crippen LogP contribution < -0.4 is 0 Å². The fourth-order valence-electron chi connectivity index (χ4n) is 2.96. The Morgan fingerprint density at radius 3 is 2.41 bits per heavy atom. The Kier molecular flexibility index (Phi) is 3.96. The largest absolute Gasteiger partial charge is 0.339 e. The van der Waals surface area contributed by atoms with Crippen LogP contribution in [-0.2, 0) is 0 Å². The topological polar surface area (TPSA) is 38.1 Å². The highest BCUT2D eigenvalue weighted by atomic mass is 19.1. The summed E-state index contributed by atoms with van der Waals surface area (Å²) < 4.78 is 14.9. The molecule has 0 unspecified atom stereocenters. The standard InChI is InChI=1S/C17H20FN3O/c1-12(2)16-15(17(22)20-9-3-4-10-20)11-19-21(16)14-7-5-13(18)6-8-14/h5-8,11-12H,3-4,9-10H2,1-2H3. The minimum Gasteiger partial charge on any atom is -0.339 e. The summed E-state index contributed by atoms with van der Waals surface area (Å²) in [5.41, 5.74) is 2.30. The third kappa shape index (κ3) is 2.63. The first-order valence-corrected chi connectivity index (χ1v) is 7.71. The summed E-state index contributed by atoms with van der Waals surface area (Å²) in [5, 5.41) is 4.38. The second-order valence-corrected chi connectivity index (χ2v) is 5.99. The van der Waals surface area contributed by atoms with E-state index in [-0.39, 0.29) is 17.6 Å². The average Bonchev–Trinajstić information content (AvgIpc) is 3.17. The number of amides is 1. The quantitative estimate of drug-likeness (QED) is 0.871. The Labute approximate surface area is 129 Å². The van der Waals surface area contributed by atoms with Crippen LogP contribution in [-0.4, -0.2) is 33.7 Å². The van der Waals surface area contributed by atoms with Gasteiger partial charge in [-0.15, -0.1) is 0 Å². The Morgan fingerprint density at radius 2 is 1.82 bits per heavy atom. The molecule has 116 valence electrons. The molecule has 2 heterocycles. The zero-order valence-corrected chi connectivity index (χ0v) is 12.9. The highest BCUT2D eigenvalue weighted by Gasteiger charge is 2.26. The molecule has 5 heteroatoms. The van der Waals surface area contributed by atoms with E-state index in [1.54, 1.807) is 23.0 Å². The van der Waals surface area contributed by atoms with Crippen molar-refractivity contribution in [1.29, 1.82) is 0 Å². The zero-order chi connectivity index (χ0) is 15.7. The highest BCUT2D eigenvalue weighted by Crippen LogP contribution is 2.25.